The van der Waals surface area contributed by atoms with E-state index in [0.29, 0.717) is 33.3 Å². The van der Waals surface area contributed by atoms with Crippen molar-refractivity contribution in [3.63, 3.8) is 0 Å². The lowest BCUT2D eigenvalue weighted by atomic mass is 10.1. The van der Waals surface area contributed by atoms with Gasteiger partial charge in [0.15, 0.2) is 0 Å². The molecule has 0 aliphatic carbocycles. The molecule has 0 bridgehead atoms. The van der Waals surface area contributed by atoms with Crippen LogP contribution in [-0.4, -0.2) is 23.0 Å². The van der Waals surface area contributed by atoms with Gasteiger partial charge in [-0.3, -0.25) is 19.3 Å². The Morgan fingerprint density at radius 3 is 1.79 bits per heavy atom. The van der Waals surface area contributed by atoms with Crippen molar-refractivity contribution in [2.24, 2.45) is 0 Å². The largest absolute Gasteiger partial charge is 0.321 e. The number of carbonyl (C=O) groups is 3. The molecule has 6 nitrogen and oxygen atoms in total. The van der Waals surface area contributed by atoms with Crippen molar-refractivity contribution in [3.05, 3.63) is 160 Å². The number of carbonyl (C=O) groups excluding carboxylic acids is 3. The molecule has 0 aliphatic rings. The van der Waals surface area contributed by atoms with Crippen molar-refractivity contribution in [2.45, 2.75) is 23.5 Å². The first-order valence-electron chi connectivity index (χ1n) is 14.9. The van der Waals surface area contributed by atoms with E-state index in [1.165, 1.54) is 17.8 Å². The van der Waals surface area contributed by atoms with Crippen molar-refractivity contribution in [2.75, 3.05) is 10.2 Å². The molecule has 5 aromatic carbocycles. The fourth-order valence-electron chi connectivity index (χ4n) is 4.72. The summed E-state index contributed by atoms with van der Waals surface area (Å²) >= 11 is 14.2. The van der Waals surface area contributed by atoms with Crippen molar-refractivity contribution < 1.29 is 14.4 Å². The highest BCUT2D eigenvalue weighted by molar-refractivity contribution is 8.00. The van der Waals surface area contributed by atoms with Crippen molar-refractivity contribution in [1.82, 2.24) is 5.32 Å². The summed E-state index contributed by atoms with van der Waals surface area (Å²) in [4.78, 5) is 43.1. The minimum absolute atomic E-state index is 0.0329. The predicted molar refractivity (Wildman–Crippen MR) is 193 cm³/mol. The molecule has 0 saturated carbocycles. The topological polar surface area (TPSA) is 78.5 Å². The highest BCUT2D eigenvalue weighted by atomic mass is 35.5. The Balaban J connectivity index is 1.34. The van der Waals surface area contributed by atoms with E-state index in [2.05, 4.69) is 10.6 Å². The molecule has 0 heterocycles. The van der Waals surface area contributed by atoms with E-state index in [4.69, 9.17) is 23.2 Å². The highest BCUT2D eigenvalue weighted by Gasteiger charge is 2.26. The van der Waals surface area contributed by atoms with Crippen LogP contribution in [0.15, 0.2) is 144 Å². The van der Waals surface area contributed by atoms with Crippen LogP contribution in [0.25, 0.3) is 6.08 Å². The number of halogens is 2. The van der Waals surface area contributed by atoms with Crippen LogP contribution < -0.4 is 15.5 Å². The quantitative estimate of drug-likeness (QED) is 0.108. The van der Waals surface area contributed by atoms with Gasteiger partial charge in [-0.2, -0.15) is 0 Å². The van der Waals surface area contributed by atoms with Gasteiger partial charge in [0.25, 0.3) is 11.8 Å². The van der Waals surface area contributed by atoms with Crippen LogP contribution in [0.3, 0.4) is 0 Å². The van der Waals surface area contributed by atoms with Gasteiger partial charge in [0.1, 0.15) is 5.70 Å². The van der Waals surface area contributed by atoms with Crippen molar-refractivity contribution in [3.8, 4) is 0 Å². The van der Waals surface area contributed by atoms with E-state index < -0.39 is 11.8 Å². The second-order valence-electron chi connectivity index (χ2n) is 10.4. The summed E-state index contributed by atoms with van der Waals surface area (Å²) < 4.78 is 0. The molecule has 3 amide bonds. The van der Waals surface area contributed by atoms with Crippen molar-refractivity contribution >= 4 is 75.8 Å². The van der Waals surface area contributed by atoms with E-state index in [0.717, 1.165) is 16.3 Å². The van der Waals surface area contributed by atoms with E-state index in [1.54, 1.807) is 65.6 Å². The lowest BCUT2D eigenvalue weighted by Crippen LogP contribution is -2.34. The van der Waals surface area contributed by atoms with Gasteiger partial charge in [0, 0.05) is 43.1 Å². The highest BCUT2D eigenvalue weighted by Crippen LogP contribution is 2.33. The fraction of sp³-hybridized carbons (Fsp3) is 0.0789. The summed E-state index contributed by atoms with van der Waals surface area (Å²) in [6.45, 7) is 1.99. The molecule has 0 saturated heterocycles. The fourth-order valence-corrected chi connectivity index (χ4v) is 6.23. The van der Waals surface area contributed by atoms with Gasteiger partial charge in [0.2, 0.25) is 5.91 Å². The third-order valence-corrected chi connectivity index (χ3v) is 9.13. The first-order valence-corrected chi connectivity index (χ1v) is 16.5. The molecule has 0 fully saturated rings. The second kappa shape index (κ2) is 16.1. The molecule has 0 spiro atoms. The smallest absolute Gasteiger partial charge is 0.272 e. The molecule has 9 heteroatoms. The first-order chi connectivity index (χ1) is 22.8. The van der Waals surface area contributed by atoms with E-state index in [9.17, 15) is 14.4 Å². The zero-order valence-electron chi connectivity index (χ0n) is 25.4. The zero-order chi connectivity index (χ0) is 33.2. The Labute approximate surface area is 288 Å². The minimum Gasteiger partial charge on any atom is -0.321 e. The van der Waals surface area contributed by atoms with Gasteiger partial charge in [-0.05, 0) is 85.3 Å². The summed E-state index contributed by atoms with van der Waals surface area (Å²) in [7, 11) is 0. The van der Waals surface area contributed by atoms with Gasteiger partial charge in [-0.15, -0.1) is 11.8 Å². The maximum absolute atomic E-state index is 13.9. The van der Waals surface area contributed by atoms with Gasteiger partial charge < -0.3 is 10.6 Å². The van der Waals surface area contributed by atoms with Gasteiger partial charge >= 0.3 is 0 Å². The number of thioether (sulfide) groups is 1. The average molecular weight is 681 g/mol. The summed E-state index contributed by atoms with van der Waals surface area (Å²) in [5, 5.41) is 5.84. The summed E-state index contributed by atoms with van der Waals surface area (Å²) in [5.74, 6) is -1.06. The van der Waals surface area contributed by atoms with Crippen LogP contribution in [0, 0.1) is 0 Å². The molecular formula is C38H31Cl2N3O3S. The molecule has 5 rings (SSSR count). The second-order valence-corrected chi connectivity index (χ2v) is 12.4. The van der Waals surface area contributed by atoms with Gasteiger partial charge in [0.05, 0.1) is 5.25 Å². The maximum Gasteiger partial charge on any atom is 0.272 e. The number of amides is 3. The number of hydrogen-bond acceptors (Lipinski definition) is 4. The number of nitrogens with one attached hydrogen (secondary N) is 2. The molecule has 236 valence electrons. The molecule has 0 aromatic heterocycles. The van der Waals surface area contributed by atoms with Crippen molar-refractivity contribution in [1.29, 1.82) is 0 Å². The molecular weight excluding hydrogens is 649 g/mol. The number of hydrogen-bond donors (Lipinski definition) is 2. The Bertz CT molecular complexity index is 1810. The monoisotopic (exact) mass is 679 g/mol. The lowest BCUT2D eigenvalue weighted by Gasteiger charge is -2.27. The summed E-state index contributed by atoms with van der Waals surface area (Å²) in [6, 6.07) is 40.0. The molecule has 5 aromatic rings. The first kappa shape index (κ1) is 33.5. The van der Waals surface area contributed by atoms with Crippen LogP contribution >= 0.6 is 35.0 Å². The summed E-state index contributed by atoms with van der Waals surface area (Å²) in [5.41, 5.74) is 2.83. The van der Waals surface area contributed by atoms with Crippen LogP contribution in [-0.2, 0) is 9.59 Å². The van der Waals surface area contributed by atoms with Crippen LogP contribution in [0.2, 0.25) is 10.0 Å². The Morgan fingerprint density at radius 1 is 0.723 bits per heavy atom. The molecule has 47 heavy (non-hydrogen) atoms. The van der Waals surface area contributed by atoms with Crippen LogP contribution in [0.5, 0.6) is 0 Å². The lowest BCUT2D eigenvalue weighted by molar-refractivity contribution is -0.117. The zero-order valence-corrected chi connectivity index (χ0v) is 27.7. The Hall–Kier alpha value is -4.82. The molecule has 0 radical (unpaired) electrons. The Morgan fingerprint density at radius 2 is 1.26 bits per heavy atom. The summed E-state index contributed by atoms with van der Waals surface area (Å²) in [6.07, 6.45) is 2.06. The van der Waals surface area contributed by atoms with E-state index >= 15 is 0 Å². The maximum atomic E-state index is 13.9. The number of anilines is 3. The molecule has 0 aliphatic heterocycles. The SMILES string of the molecule is CCC(Sc1ccc(NC(=O)/C(=C/c2c(Cl)cccc2Cl)NC(=O)c2ccccc2)cc1)C(=O)N(c1ccccc1)c1ccccc1. The van der Waals surface area contributed by atoms with Gasteiger partial charge in [-0.1, -0.05) is 90.8 Å². The van der Waals surface area contributed by atoms with Crippen LogP contribution in [0.4, 0.5) is 17.1 Å². The third-order valence-electron chi connectivity index (χ3n) is 7.10. The van der Waals surface area contributed by atoms with E-state index in [-0.39, 0.29) is 16.9 Å². The third kappa shape index (κ3) is 8.71. The number of nitrogens with zero attached hydrogens (tertiary/aromatic N) is 1. The number of para-hydroxylation sites is 2. The Kier molecular flexibility index (Phi) is 11.5. The standard InChI is InChI=1S/C38H31Cl2N3O3S/c1-2-35(38(46)43(28-15-8-4-9-16-28)29-17-10-5-11-18-29)47-30-23-21-27(22-24-30)41-37(45)34(25-31-32(39)19-12-20-33(31)40)42-36(44)26-13-6-3-7-14-26/h3-25,35H,2H2,1H3,(H,41,45)(H,42,44)/b34-25-. The average Bonchev–Trinajstić information content (AvgIpc) is 3.10. The normalized spacial score (nSPS) is 11.8. The number of benzene rings is 5. The molecule has 2 N–H and O–H groups in total. The molecule has 1 unspecified atom stereocenters. The minimum atomic E-state index is -0.561. The van der Waals surface area contributed by atoms with Gasteiger partial charge in [-0.25, -0.2) is 0 Å². The molecule has 1 atom stereocenters. The number of rotatable bonds is 11. The van der Waals surface area contributed by atoms with E-state index in [1.807, 2.05) is 79.7 Å². The predicted octanol–water partition coefficient (Wildman–Crippen LogP) is 9.64. The van der Waals surface area contributed by atoms with Crippen LogP contribution in [0.1, 0.15) is 29.3 Å².